The maximum Gasteiger partial charge on any atom is 0.226 e. The second kappa shape index (κ2) is 7.80. The van der Waals surface area contributed by atoms with Crippen LogP contribution in [0.25, 0.3) is 0 Å². The highest BCUT2D eigenvalue weighted by Crippen LogP contribution is 2.38. The highest BCUT2D eigenvalue weighted by Gasteiger charge is 2.14. The van der Waals surface area contributed by atoms with E-state index < -0.39 is 0 Å². The van der Waals surface area contributed by atoms with Gasteiger partial charge in [0.25, 0.3) is 0 Å². The number of carbonyl (C=O) groups is 1. The summed E-state index contributed by atoms with van der Waals surface area (Å²) in [5.74, 6) is 0.765. The van der Waals surface area contributed by atoms with Crippen LogP contribution in [0.15, 0.2) is 24.8 Å². The third kappa shape index (κ3) is 4.46. The van der Waals surface area contributed by atoms with Crippen molar-refractivity contribution >= 4 is 23.2 Å². The Balaban J connectivity index is 3.05. The van der Waals surface area contributed by atoms with Gasteiger partial charge in [-0.05, 0) is 13.0 Å². The molecule has 1 amide bonds. The van der Waals surface area contributed by atoms with E-state index in [1.54, 1.807) is 18.2 Å². The van der Waals surface area contributed by atoms with Crippen LogP contribution >= 0.6 is 11.6 Å². The van der Waals surface area contributed by atoms with Crippen LogP contribution in [0.4, 0.5) is 5.69 Å². The van der Waals surface area contributed by atoms with E-state index in [2.05, 4.69) is 11.9 Å². The largest absolute Gasteiger partial charge is 0.490 e. The molecular formula is C15H20ClNO3. The second-order valence-corrected chi connectivity index (χ2v) is 4.87. The van der Waals surface area contributed by atoms with E-state index >= 15 is 0 Å². The van der Waals surface area contributed by atoms with Crippen LogP contribution in [0.2, 0.25) is 5.02 Å². The molecule has 0 atom stereocenters. The van der Waals surface area contributed by atoms with Crippen LogP contribution in [0.3, 0.4) is 0 Å². The first-order valence-corrected chi connectivity index (χ1v) is 6.88. The van der Waals surface area contributed by atoms with Crippen molar-refractivity contribution in [1.29, 1.82) is 0 Å². The third-order valence-corrected chi connectivity index (χ3v) is 2.73. The molecule has 4 nitrogen and oxygen atoms in total. The van der Waals surface area contributed by atoms with Crippen molar-refractivity contribution in [2.75, 3.05) is 18.5 Å². The molecule has 1 rings (SSSR count). The van der Waals surface area contributed by atoms with Gasteiger partial charge in [-0.25, -0.2) is 0 Å². The first-order valence-electron chi connectivity index (χ1n) is 6.50. The van der Waals surface area contributed by atoms with Crippen molar-refractivity contribution in [3.8, 4) is 11.5 Å². The molecule has 0 fully saturated rings. The predicted molar refractivity (Wildman–Crippen MR) is 81.8 cm³/mol. The number of rotatable bonds is 7. The fraction of sp³-hybridized carbons (Fsp3) is 0.400. The van der Waals surface area contributed by atoms with E-state index in [4.69, 9.17) is 21.1 Å². The summed E-state index contributed by atoms with van der Waals surface area (Å²) in [5, 5.41) is 3.17. The molecule has 20 heavy (non-hydrogen) atoms. The minimum absolute atomic E-state index is 0.0803. The number of benzene rings is 1. The lowest BCUT2D eigenvalue weighted by molar-refractivity contribution is -0.118. The van der Waals surface area contributed by atoms with Gasteiger partial charge < -0.3 is 14.8 Å². The number of halogens is 1. The first-order chi connectivity index (χ1) is 9.49. The molecule has 0 aliphatic rings. The number of nitrogens with one attached hydrogen (secondary N) is 1. The van der Waals surface area contributed by atoms with E-state index in [0.717, 1.165) is 0 Å². The van der Waals surface area contributed by atoms with Crippen molar-refractivity contribution < 1.29 is 14.3 Å². The van der Waals surface area contributed by atoms with Gasteiger partial charge in [0.05, 0.1) is 11.6 Å². The lowest BCUT2D eigenvalue weighted by atomic mass is 10.2. The maximum absolute atomic E-state index is 11.7. The topological polar surface area (TPSA) is 47.6 Å². The molecule has 0 aliphatic carbocycles. The summed E-state index contributed by atoms with van der Waals surface area (Å²) in [6, 6.07) is 3.34. The molecule has 5 heteroatoms. The number of hydrogen-bond donors (Lipinski definition) is 1. The Morgan fingerprint density at radius 2 is 2.15 bits per heavy atom. The van der Waals surface area contributed by atoms with Crippen LogP contribution in [0.5, 0.6) is 11.5 Å². The van der Waals surface area contributed by atoms with Crippen LogP contribution in [-0.2, 0) is 4.79 Å². The molecule has 0 unspecified atom stereocenters. The molecule has 0 saturated heterocycles. The van der Waals surface area contributed by atoms with Crippen molar-refractivity contribution in [1.82, 2.24) is 0 Å². The monoisotopic (exact) mass is 297 g/mol. The Kier molecular flexibility index (Phi) is 6.39. The molecule has 0 spiro atoms. The number of anilines is 1. The van der Waals surface area contributed by atoms with E-state index in [-0.39, 0.29) is 11.8 Å². The van der Waals surface area contributed by atoms with Crippen LogP contribution in [-0.4, -0.2) is 19.1 Å². The summed E-state index contributed by atoms with van der Waals surface area (Å²) in [6.45, 7) is 9.91. The highest BCUT2D eigenvalue weighted by molar-refractivity contribution is 6.32. The smallest absolute Gasteiger partial charge is 0.226 e. The molecule has 1 aromatic carbocycles. The van der Waals surface area contributed by atoms with Gasteiger partial charge in [0.15, 0.2) is 11.5 Å². The molecular weight excluding hydrogens is 278 g/mol. The molecule has 0 aliphatic heterocycles. The Bertz CT molecular complexity index is 486. The lowest BCUT2D eigenvalue weighted by Gasteiger charge is -2.15. The maximum atomic E-state index is 11.7. The van der Waals surface area contributed by atoms with Gasteiger partial charge in [-0.2, -0.15) is 0 Å². The van der Waals surface area contributed by atoms with Crippen molar-refractivity contribution in [3.63, 3.8) is 0 Å². The number of amides is 1. The predicted octanol–water partition coefficient (Wildman–Crippen LogP) is 3.90. The number of hydrogen-bond acceptors (Lipinski definition) is 3. The molecule has 0 saturated carbocycles. The van der Waals surface area contributed by atoms with Crippen molar-refractivity contribution in [2.45, 2.75) is 20.8 Å². The average molecular weight is 298 g/mol. The fourth-order valence-electron chi connectivity index (χ4n) is 1.47. The third-order valence-electron chi connectivity index (χ3n) is 2.45. The molecule has 0 bridgehead atoms. The minimum atomic E-state index is -0.110. The Morgan fingerprint density at radius 1 is 1.45 bits per heavy atom. The van der Waals surface area contributed by atoms with Gasteiger partial charge >= 0.3 is 0 Å². The lowest BCUT2D eigenvalue weighted by Crippen LogP contribution is -2.17. The van der Waals surface area contributed by atoms with Crippen LogP contribution in [0.1, 0.15) is 20.8 Å². The molecule has 1 N–H and O–H groups in total. The van der Waals surface area contributed by atoms with Crippen molar-refractivity contribution in [2.24, 2.45) is 5.92 Å². The summed E-state index contributed by atoms with van der Waals surface area (Å²) in [7, 11) is 0. The van der Waals surface area contributed by atoms with E-state index in [0.29, 0.717) is 35.4 Å². The van der Waals surface area contributed by atoms with E-state index in [1.165, 1.54) is 0 Å². The standard InChI is InChI=1S/C15H20ClNO3/c1-5-7-20-14-12(16)8-11(9-13(14)19-6-2)17-15(18)10(3)4/h5,8-10H,1,6-7H2,2-4H3,(H,17,18). The quantitative estimate of drug-likeness (QED) is 0.777. The molecule has 1 aromatic rings. The van der Waals surface area contributed by atoms with E-state index in [1.807, 2.05) is 20.8 Å². The van der Waals surface area contributed by atoms with E-state index in [9.17, 15) is 4.79 Å². The summed E-state index contributed by atoms with van der Waals surface area (Å²) >= 11 is 6.18. The second-order valence-electron chi connectivity index (χ2n) is 4.46. The van der Waals surface area contributed by atoms with Gasteiger partial charge in [0.2, 0.25) is 5.91 Å². The molecule has 0 heterocycles. The minimum Gasteiger partial charge on any atom is -0.490 e. The summed E-state index contributed by atoms with van der Waals surface area (Å²) in [6.07, 6.45) is 1.63. The summed E-state index contributed by atoms with van der Waals surface area (Å²) in [4.78, 5) is 11.7. The highest BCUT2D eigenvalue weighted by atomic mass is 35.5. The van der Waals surface area contributed by atoms with Gasteiger partial charge in [-0.15, -0.1) is 0 Å². The number of carbonyl (C=O) groups excluding carboxylic acids is 1. The SMILES string of the molecule is C=CCOc1c(Cl)cc(NC(=O)C(C)C)cc1OCC. The molecule has 0 radical (unpaired) electrons. The average Bonchev–Trinajstić information content (AvgIpc) is 2.38. The molecule has 0 aromatic heterocycles. The van der Waals surface area contributed by atoms with Crippen molar-refractivity contribution in [3.05, 3.63) is 29.8 Å². The summed E-state index contributed by atoms with van der Waals surface area (Å²) < 4.78 is 11.0. The Labute approximate surface area is 124 Å². The van der Waals surface area contributed by atoms with Gasteiger partial charge in [-0.1, -0.05) is 38.1 Å². The van der Waals surface area contributed by atoms with Gasteiger partial charge in [-0.3, -0.25) is 4.79 Å². The Morgan fingerprint density at radius 3 is 2.70 bits per heavy atom. The Hall–Kier alpha value is -1.68. The molecule has 110 valence electrons. The van der Waals surface area contributed by atoms with Crippen LogP contribution in [0, 0.1) is 5.92 Å². The zero-order chi connectivity index (χ0) is 15.1. The van der Waals surface area contributed by atoms with Gasteiger partial charge in [0.1, 0.15) is 6.61 Å². The fourth-order valence-corrected chi connectivity index (χ4v) is 1.74. The number of ether oxygens (including phenoxy) is 2. The zero-order valence-electron chi connectivity index (χ0n) is 12.0. The van der Waals surface area contributed by atoms with Crippen LogP contribution < -0.4 is 14.8 Å². The first kappa shape index (κ1) is 16.4. The summed E-state index contributed by atoms with van der Waals surface area (Å²) in [5.41, 5.74) is 0.586. The zero-order valence-corrected chi connectivity index (χ0v) is 12.8. The van der Waals surface area contributed by atoms with Gasteiger partial charge in [0, 0.05) is 17.7 Å². The normalized spacial score (nSPS) is 10.2.